The Hall–Kier alpha value is 1.58. The van der Waals surface area contributed by atoms with Crippen LogP contribution in [0.3, 0.4) is 0 Å². The van der Waals surface area contributed by atoms with Crippen molar-refractivity contribution in [1.82, 2.24) is 4.90 Å². The third-order valence-corrected chi connectivity index (χ3v) is 25.9. The largest absolute Gasteiger partial charge is 0.490 e. The minimum atomic E-state index is -6.39. The lowest BCUT2D eigenvalue weighted by atomic mass is 10.5. The zero-order valence-corrected chi connectivity index (χ0v) is 36.9. The maximum atomic E-state index is 12.7. The molecule has 0 fully saturated rings. The molecule has 7 atom stereocenters. The average molecular weight is 1000 g/mol. The molecular formula is C10H36NO31P9Si2. The highest BCUT2D eigenvalue weighted by Crippen LogP contribution is 2.71. The summed E-state index contributed by atoms with van der Waals surface area (Å²) in [6.07, 6.45) is 0. The van der Waals surface area contributed by atoms with Crippen molar-refractivity contribution in [2.24, 2.45) is 0 Å². The fourth-order valence-electron chi connectivity index (χ4n) is 3.26. The highest BCUT2D eigenvalue weighted by molar-refractivity contribution is 7.68. The Morgan fingerprint density at radius 1 is 0.434 bits per heavy atom. The van der Waals surface area contributed by atoms with Crippen molar-refractivity contribution in [2.75, 3.05) is 26.2 Å². The van der Waals surface area contributed by atoms with Crippen LogP contribution in [-0.2, 0) is 84.0 Å². The average Bonchev–Trinajstić information content (AvgIpc) is 2.77. The molecule has 0 heterocycles. The Balaban J connectivity index is 6.95. The smallest absolute Gasteiger partial charge is 0.393 e. The van der Waals surface area contributed by atoms with Gasteiger partial charge in [0.05, 0.1) is 0 Å². The molecule has 12 N–H and O–H groups in total. The van der Waals surface area contributed by atoms with Gasteiger partial charge in [0, 0.05) is 13.2 Å². The van der Waals surface area contributed by atoms with Crippen LogP contribution in [0.4, 0.5) is 0 Å². The zero-order valence-electron chi connectivity index (χ0n) is 26.8. The van der Waals surface area contributed by atoms with Gasteiger partial charge in [-0.3, -0.25) is 0 Å². The topological polar surface area (TPSA) is 492 Å². The van der Waals surface area contributed by atoms with Crippen LogP contribution in [0.25, 0.3) is 0 Å². The van der Waals surface area contributed by atoms with Crippen LogP contribution in [0.2, 0.25) is 25.2 Å². The molecule has 0 saturated carbocycles. The summed E-state index contributed by atoms with van der Waals surface area (Å²) in [4.78, 5) is 113. The van der Waals surface area contributed by atoms with Crippen LogP contribution in [0.15, 0.2) is 0 Å². The Kier molecular flexibility index (Phi) is 20.4. The van der Waals surface area contributed by atoms with Crippen molar-refractivity contribution in [1.29, 1.82) is 0 Å². The van der Waals surface area contributed by atoms with E-state index in [-0.39, 0.29) is 6.54 Å². The summed E-state index contributed by atoms with van der Waals surface area (Å²) in [6.45, 7) is 4.94. The predicted molar refractivity (Wildman–Crippen MR) is 171 cm³/mol. The molecule has 0 radical (unpaired) electrons. The second kappa shape index (κ2) is 19.8. The molecule has 0 aromatic rings. The highest BCUT2D eigenvalue weighted by Gasteiger charge is 2.54. The minimum absolute atomic E-state index is 0.00683. The number of likely N-dealkylation sites (N-methyl/N-ethyl adjacent to an activating group) is 1. The van der Waals surface area contributed by atoms with E-state index in [0.29, 0.717) is 19.6 Å². The van der Waals surface area contributed by atoms with Crippen LogP contribution in [0.5, 0.6) is 0 Å². The van der Waals surface area contributed by atoms with E-state index in [1.165, 1.54) is 0 Å². The lowest BCUT2D eigenvalue weighted by Crippen LogP contribution is -2.44. The molecule has 0 aromatic carbocycles. The summed E-state index contributed by atoms with van der Waals surface area (Å²) >= 11 is 0. The third kappa shape index (κ3) is 26.3. The molecule has 0 aliphatic carbocycles. The molecule has 32 nitrogen and oxygen atoms in total. The molecule has 53 heavy (non-hydrogen) atoms. The molecule has 320 valence electrons. The first-order valence-electron chi connectivity index (χ1n) is 13.0. The minimum Gasteiger partial charge on any atom is -0.393 e. The zero-order chi connectivity index (χ0) is 42.4. The quantitative estimate of drug-likeness (QED) is 0.0410. The molecule has 7 unspecified atom stereocenters. The van der Waals surface area contributed by atoms with E-state index in [9.17, 15) is 70.4 Å². The van der Waals surface area contributed by atoms with E-state index in [4.69, 9.17) is 38.0 Å². The second-order valence-corrected chi connectivity index (χ2v) is 30.2. The first kappa shape index (κ1) is 54.6. The van der Waals surface area contributed by atoms with Crippen molar-refractivity contribution in [3.8, 4) is 0 Å². The van der Waals surface area contributed by atoms with Crippen molar-refractivity contribution in [2.45, 2.75) is 39.0 Å². The lowest BCUT2D eigenvalue weighted by molar-refractivity contribution is 0.163. The molecular weight excluding hydrogens is 965 g/mol. The van der Waals surface area contributed by atoms with Gasteiger partial charge in [-0.1, -0.05) is 13.8 Å². The summed E-state index contributed by atoms with van der Waals surface area (Å²) in [7, 11) is -65.6. The van der Waals surface area contributed by atoms with E-state index >= 15 is 0 Å². The fourth-order valence-corrected chi connectivity index (χ4v) is 24.0. The van der Waals surface area contributed by atoms with Gasteiger partial charge in [-0.05, 0) is 38.3 Å². The standard InChI is InChI=1S/C10H36NO31P9Si2/c1-5-11(6-2)7-8-33-52(3,40-49(27,28)37-46(21,22)34-43(12,13)14)9-10-53(4,41-50(29,30)38-47(23,24)35-44(15,16)17)42-51(31,32)39-48(25,26)36-45(18,19)20/h5-10H2,1-4H3,(H,21,22)(H,23,24)(H,25,26)(H,27,28)(H,29,30)(H,31,32)(H2,12,13,14)(H2,15,16,17)(H2,18,19,20). The monoisotopic (exact) mass is 1000 g/mol. The molecule has 0 rings (SSSR count). The van der Waals surface area contributed by atoms with Crippen LogP contribution in [-0.4, -0.2) is 107 Å². The highest BCUT2D eigenvalue weighted by atomic mass is 31.3. The van der Waals surface area contributed by atoms with E-state index < -0.39 is 106 Å². The van der Waals surface area contributed by atoms with Crippen LogP contribution in [0, 0.1) is 0 Å². The van der Waals surface area contributed by atoms with Crippen molar-refractivity contribution >= 4 is 87.5 Å². The van der Waals surface area contributed by atoms with Crippen LogP contribution >= 0.6 is 70.4 Å². The Labute approximate surface area is 300 Å². The van der Waals surface area contributed by atoms with E-state index in [0.717, 1.165) is 6.55 Å². The molecule has 0 saturated heterocycles. The van der Waals surface area contributed by atoms with Gasteiger partial charge in [-0.2, -0.15) is 25.9 Å². The lowest BCUT2D eigenvalue weighted by Gasteiger charge is -2.34. The summed E-state index contributed by atoms with van der Waals surface area (Å²) in [6, 6.07) is -2.37. The Morgan fingerprint density at radius 2 is 0.698 bits per heavy atom. The van der Waals surface area contributed by atoms with E-state index in [2.05, 4.69) is 34.3 Å². The van der Waals surface area contributed by atoms with Gasteiger partial charge in [0.1, 0.15) is 0 Å². The number of nitrogens with zero attached hydrogens (tertiary/aromatic N) is 1. The Morgan fingerprint density at radius 3 is 0.962 bits per heavy atom. The second-order valence-electron chi connectivity index (χ2n) is 9.69. The fraction of sp³-hybridized carbons (Fsp3) is 1.00. The predicted octanol–water partition coefficient (Wildman–Crippen LogP) is 1.52. The van der Waals surface area contributed by atoms with Gasteiger partial charge in [0.25, 0.3) is 0 Å². The number of rotatable bonds is 27. The van der Waals surface area contributed by atoms with E-state index in [1.54, 1.807) is 18.7 Å². The normalized spacial score (nSPS) is 22.6. The summed E-state index contributed by atoms with van der Waals surface area (Å²) < 4.78 is 148. The van der Waals surface area contributed by atoms with E-state index in [1.807, 2.05) is 0 Å². The van der Waals surface area contributed by atoms with Gasteiger partial charge < -0.3 is 80.7 Å². The van der Waals surface area contributed by atoms with Gasteiger partial charge in [-0.15, -0.1) is 0 Å². The van der Waals surface area contributed by atoms with Crippen molar-refractivity contribution < 1.29 is 143 Å². The van der Waals surface area contributed by atoms with Crippen LogP contribution < -0.4 is 0 Å². The number of phosphoric acid groups is 9. The van der Waals surface area contributed by atoms with Crippen LogP contribution in [0.1, 0.15) is 13.8 Å². The van der Waals surface area contributed by atoms with Gasteiger partial charge in [0.15, 0.2) is 0 Å². The van der Waals surface area contributed by atoms with Crippen molar-refractivity contribution in [3.05, 3.63) is 0 Å². The van der Waals surface area contributed by atoms with Gasteiger partial charge in [0.2, 0.25) is 0 Å². The molecule has 43 heteroatoms. The third-order valence-electron chi connectivity index (χ3n) is 4.92. The number of hydrogen-bond acceptors (Lipinski definition) is 20. The molecule has 0 amide bonds. The van der Waals surface area contributed by atoms with Gasteiger partial charge >= 0.3 is 87.5 Å². The molecule has 0 aliphatic rings. The SMILES string of the molecule is CCN(CC)CCO[Si](C)(CC[Si](C)(OP(=O)(O)OP(=O)(O)OP(=O)(O)O)OP(=O)(O)OP(=O)(O)OP(=O)(O)O)OP(=O)(O)OP(=O)(O)OP(=O)(O)O. The maximum absolute atomic E-state index is 12.7. The molecule has 0 aliphatic heterocycles. The first-order valence-corrected chi connectivity index (χ1v) is 31.6. The number of hydrogen-bond donors (Lipinski definition) is 12. The maximum Gasteiger partial charge on any atom is 0.490 e. The first-order chi connectivity index (χ1) is 23.1. The van der Waals surface area contributed by atoms with Crippen molar-refractivity contribution in [3.63, 3.8) is 0 Å². The molecule has 0 aromatic heterocycles. The Bertz CT molecular complexity index is 1610. The van der Waals surface area contributed by atoms with Gasteiger partial charge in [-0.25, -0.2) is 41.1 Å². The molecule has 0 spiro atoms. The summed E-state index contributed by atoms with van der Waals surface area (Å²) in [5.41, 5.74) is 0. The summed E-state index contributed by atoms with van der Waals surface area (Å²) in [5, 5.41) is 0. The summed E-state index contributed by atoms with van der Waals surface area (Å²) in [5.74, 6) is 0. The molecule has 0 bridgehead atoms.